The summed E-state index contributed by atoms with van der Waals surface area (Å²) in [6.45, 7) is 1.79. The third-order valence-corrected chi connectivity index (χ3v) is 4.55. The number of carbonyl (C=O) groups excluding carboxylic acids is 2. The Morgan fingerprint density at radius 1 is 1.26 bits per heavy atom. The quantitative estimate of drug-likeness (QED) is 0.809. The van der Waals surface area contributed by atoms with Crippen molar-refractivity contribution in [2.45, 2.75) is 22.8 Å². The second-order valence-corrected chi connectivity index (χ2v) is 6.41. The van der Waals surface area contributed by atoms with E-state index in [2.05, 4.69) is 10.6 Å². The predicted molar refractivity (Wildman–Crippen MR) is 89.0 cm³/mol. The third kappa shape index (κ3) is 3.38. The van der Waals surface area contributed by atoms with E-state index in [1.165, 1.54) is 11.8 Å². The smallest absolute Gasteiger partial charge is 0.256 e. The molecule has 1 heterocycles. The first kappa shape index (κ1) is 15.6. The Bertz CT molecular complexity index is 774. The van der Waals surface area contributed by atoms with E-state index in [0.717, 1.165) is 9.79 Å². The summed E-state index contributed by atoms with van der Waals surface area (Å²) in [6.07, 6.45) is -0.607. The van der Waals surface area contributed by atoms with Gasteiger partial charge in [0.15, 0.2) is 0 Å². The largest absolute Gasteiger partial charge is 0.392 e. The van der Waals surface area contributed by atoms with Crippen molar-refractivity contribution in [2.24, 2.45) is 0 Å². The third-order valence-electron chi connectivity index (χ3n) is 3.40. The molecule has 0 aromatic heterocycles. The summed E-state index contributed by atoms with van der Waals surface area (Å²) in [5.74, 6) is -0.469. The molecule has 2 aromatic carbocycles. The molecule has 2 amide bonds. The highest BCUT2D eigenvalue weighted by Crippen LogP contribution is 2.38. The van der Waals surface area contributed by atoms with E-state index in [9.17, 15) is 14.7 Å². The van der Waals surface area contributed by atoms with Crippen molar-refractivity contribution in [2.75, 3.05) is 11.9 Å². The maximum Gasteiger partial charge on any atom is 0.256 e. The van der Waals surface area contributed by atoms with Gasteiger partial charge in [0, 0.05) is 21.9 Å². The van der Waals surface area contributed by atoms with Gasteiger partial charge in [-0.1, -0.05) is 23.9 Å². The van der Waals surface area contributed by atoms with Gasteiger partial charge < -0.3 is 15.7 Å². The van der Waals surface area contributed by atoms with Crippen LogP contribution in [-0.4, -0.2) is 29.6 Å². The summed E-state index contributed by atoms with van der Waals surface area (Å²) >= 11 is 1.49. The van der Waals surface area contributed by atoms with Gasteiger partial charge >= 0.3 is 0 Å². The van der Waals surface area contributed by atoms with Gasteiger partial charge in [-0.15, -0.1) is 0 Å². The highest BCUT2D eigenvalue weighted by Gasteiger charge is 2.20. The van der Waals surface area contributed by atoms with Gasteiger partial charge in [-0.25, -0.2) is 0 Å². The maximum atomic E-state index is 12.3. The summed E-state index contributed by atoms with van der Waals surface area (Å²) in [7, 11) is 0. The summed E-state index contributed by atoms with van der Waals surface area (Å²) < 4.78 is 0. The lowest BCUT2D eigenvalue weighted by molar-refractivity contribution is 0.0923. The molecule has 1 aliphatic heterocycles. The van der Waals surface area contributed by atoms with E-state index in [-0.39, 0.29) is 18.4 Å². The van der Waals surface area contributed by atoms with Gasteiger partial charge in [-0.2, -0.15) is 0 Å². The minimum atomic E-state index is -0.607. The van der Waals surface area contributed by atoms with Crippen molar-refractivity contribution in [3.05, 3.63) is 53.6 Å². The van der Waals surface area contributed by atoms with Crippen LogP contribution in [0.15, 0.2) is 52.3 Å². The predicted octanol–water partition coefficient (Wildman–Crippen LogP) is 2.51. The highest BCUT2D eigenvalue weighted by molar-refractivity contribution is 7.99. The van der Waals surface area contributed by atoms with Crippen molar-refractivity contribution in [1.29, 1.82) is 0 Å². The zero-order chi connectivity index (χ0) is 16.4. The number of anilines is 1. The number of hydrogen-bond donors (Lipinski definition) is 3. The van der Waals surface area contributed by atoms with E-state index in [0.29, 0.717) is 16.8 Å². The van der Waals surface area contributed by atoms with Crippen LogP contribution in [0.3, 0.4) is 0 Å². The van der Waals surface area contributed by atoms with Gasteiger partial charge in [-0.05, 0) is 37.3 Å². The normalized spacial score (nSPS) is 14.1. The number of aliphatic hydroxyl groups excluding tert-OH is 1. The summed E-state index contributed by atoms with van der Waals surface area (Å²) in [4.78, 5) is 26.2. The lowest BCUT2D eigenvalue weighted by atomic mass is 10.1. The molecule has 0 aliphatic carbocycles. The lowest BCUT2D eigenvalue weighted by Crippen LogP contribution is -2.30. The van der Waals surface area contributed by atoms with E-state index in [1.54, 1.807) is 25.1 Å². The monoisotopic (exact) mass is 328 g/mol. The molecule has 5 nitrogen and oxygen atoms in total. The SMILES string of the molecule is C[C@@H](O)CNC(=O)c1ccc2c(c1)NC(=O)c1ccccc1S2. The molecular weight excluding hydrogens is 312 g/mol. The lowest BCUT2D eigenvalue weighted by Gasteiger charge is -2.10. The molecular formula is C17H16N2O3S. The number of hydrogen-bond acceptors (Lipinski definition) is 4. The van der Waals surface area contributed by atoms with Crippen LogP contribution < -0.4 is 10.6 Å². The Kier molecular flexibility index (Phi) is 4.36. The fourth-order valence-electron chi connectivity index (χ4n) is 2.25. The van der Waals surface area contributed by atoms with Crippen molar-refractivity contribution in [1.82, 2.24) is 5.32 Å². The molecule has 0 saturated carbocycles. The molecule has 3 N–H and O–H groups in total. The molecule has 1 aliphatic rings. The molecule has 0 fully saturated rings. The first-order chi connectivity index (χ1) is 11.0. The molecule has 23 heavy (non-hydrogen) atoms. The first-order valence-electron chi connectivity index (χ1n) is 7.23. The van der Waals surface area contributed by atoms with Gasteiger partial charge in [0.25, 0.3) is 11.8 Å². The topological polar surface area (TPSA) is 78.4 Å². The minimum Gasteiger partial charge on any atom is -0.392 e. The summed E-state index contributed by atoms with van der Waals surface area (Å²) in [6, 6.07) is 12.6. The average molecular weight is 328 g/mol. The van der Waals surface area contributed by atoms with Crippen molar-refractivity contribution >= 4 is 29.3 Å². The van der Waals surface area contributed by atoms with Crippen molar-refractivity contribution in [3.8, 4) is 0 Å². The number of amides is 2. The molecule has 0 unspecified atom stereocenters. The molecule has 3 rings (SSSR count). The summed E-state index contributed by atoms with van der Waals surface area (Å²) in [5.41, 5.74) is 1.67. The van der Waals surface area contributed by atoms with Gasteiger partial charge in [0.05, 0.1) is 17.4 Å². The van der Waals surface area contributed by atoms with Crippen molar-refractivity contribution in [3.63, 3.8) is 0 Å². The van der Waals surface area contributed by atoms with Gasteiger partial charge in [0.1, 0.15) is 0 Å². The molecule has 2 aromatic rings. The number of rotatable bonds is 3. The molecule has 118 valence electrons. The average Bonchev–Trinajstić information content (AvgIpc) is 2.68. The zero-order valence-corrected chi connectivity index (χ0v) is 13.3. The number of nitrogens with one attached hydrogen (secondary N) is 2. The summed E-state index contributed by atoms with van der Waals surface area (Å²) in [5, 5.41) is 14.7. The van der Waals surface area contributed by atoms with Gasteiger partial charge in [-0.3, -0.25) is 9.59 Å². The fraction of sp³-hybridized carbons (Fsp3) is 0.176. The van der Waals surface area contributed by atoms with E-state index in [1.807, 2.05) is 24.3 Å². The van der Waals surface area contributed by atoms with Crippen LogP contribution in [0.25, 0.3) is 0 Å². The Balaban J connectivity index is 1.89. The Morgan fingerprint density at radius 3 is 2.83 bits per heavy atom. The highest BCUT2D eigenvalue weighted by atomic mass is 32.2. The van der Waals surface area contributed by atoms with E-state index >= 15 is 0 Å². The Hall–Kier alpha value is -2.31. The van der Waals surface area contributed by atoms with Crippen molar-refractivity contribution < 1.29 is 14.7 Å². The number of fused-ring (bicyclic) bond motifs is 2. The fourth-order valence-corrected chi connectivity index (χ4v) is 3.26. The molecule has 6 heteroatoms. The Morgan fingerprint density at radius 2 is 2.04 bits per heavy atom. The van der Waals surface area contributed by atoms with Crippen LogP contribution in [-0.2, 0) is 0 Å². The van der Waals surface area contributed by atoms with Crippen LogP contribution in [0.5, 0.6) is 0 Å². The number of carbonyl (C=O) groups is 2. The van der Waals surface area contributed by atoms with Crippen LogP contribution in [0.4, 0.5) is 5.69 Å². The standard InChI is InChI=1S/C17H16N2O3S/c1-10(20)9-18-16(21)11-6-7-15-13(8-11)19-17(22)12-4-2-3-5-14(12)23-15/h2-8,10,20H,9H2,1H3,(H,18,21)(H,19,22)/t10-/m1/s1. The van der Waals surface area contributed by atoms with Crippen LogP contribution in [0, 0.1) is 0 Å². The second kappa shape index (κ2) is 6.44. The molecule has 0 saturated heterocycles. The van der Waals surface area contributed by atoms with E-state index < -0.39 is 6.10 Å². The number of benzene rings is 2. The maximum absolute atomic E-state index is 12.3. The van der Waals surface area contributed by atoms with Crippen LogP contribution >= 0.6 is 11.8 Å². The van der Waals surface area contributed by atoms with Crippen LogP contribution in [0.2, 0.25) is 0 Å². The minimum absolute atomic E-state index is 0.183. The van der Waals surface area contributed by atoms with E-state index in [4.69, 9.17) is 0 Å². The zero-order valence-electron chi connectivity index (χ0n) is 12.5. The van der Waals surface area contributed by atoms with Crippen LogP contribution in [0.1, 0.15) is 27.6 Å². The Labute approximate surface area is 138 Å². The first-order valence-corrected chi connectivity index (χ1v) is 8.05. The molecule has 0 bridgehead atoms. The number of aliphatic hydroxyl groups is 1. The molecule has 0 spiro atoms. The molecule has 0 radical (unpaired) electrons. The second-order valence-electron chi connectivity index (χ2n) is 5.32. The molecule has 1 atom stereocenters. The van der Waals surface area contributed by atoms with Gasteiger partial charge in [0.2, 0.25) is 0 Å².